The van der Waals surface area contributed by atoms with Crippen LogP contribution in [0.15, 0.2) is 18.2 Å². The van der Waals surface area contributed by atoms with Gasteiger partial charge in [-0.15, -0.1) is 0 Å². The van der Waals surface area contributed by atoms with E-state index in [9.17, 15) is 4.79 Å². The number of alkyl halides is 1. The highest BCUT2D eigenvalue weighted by molar-refractivity contribution is 9.09. The number of carbonyl (C=O) groups is 1. The highest BCUT2D eigenvalue weighted by atomic mass is 79.9. The maximum Gasteiger partial charge on any atom is 0.251 e. The van der Waals surface area contributed by atoms with Crippen molar-refractivity contribution in [2.75, 3.05) is 13.7 Å². The smallest absolute Gasteiger partial charge is 0.251 e. The van der Waals surface area contributed by atoms with E-state index >= 15 is 0 Å². The summed E-state index contributed by atoms with van der Waals surface area (Å²) in [5.41, 5.74) is 1.89. The quantitative estimate of drug-likeness (QED) is 0.824. The summed E-state index contributed by atoms with van der Waals surface area (Å²) in [6.07, 6.45) is 1.00. The van der Waals surface area contributed by atoms with Crippen LogP contribution in [0.5, 0.6) is 5.75 Å². The van der Waals surface area contributed by atoms with Crippen molar-refractivity contribution in [3.05, 3.63) is 29.3 Å². The topological polar surface area (TPSA) is 38.3 Å². The largest absolute Gasteiger partial charge is 0.496 e. The number of amides is 1. The van der Waals surface area contributed by atoms with Crippen LogP contribution >= 0.6 is 15.9 Å². The van der Waals surface area contributed by atoms with Crippen LogP contribution in [0.25, 0.3) is 0 Å². The molecule has 0 aliphatic rings. The van der Waals surface area contributed by atoms with E-state index in [-0.39, 0.29) is 16.1 Å². The van der Waals surface area contributed by atoms with E-state index in [2.05, 4.69) is 42.0 Å². The Morgan fingerprint density at radius 3 is 2.60 bits per heavy atom. The molecule has 0 aliphatic heterocycles. The Hall–Kier alpha value is -1.03. The Labute approximate surface area is 130 Å². The number of benzene rings is 1. The summed E-state index contributed by atoms with van der Waals surface area (Å²) < 4.78 is 5.24. The van der Waals surface area contributed by atoms with Crippen LogP contribution in [-0.4, -0.2) is 24.4 Å². The predicted octanol–water partition coefficient (Wildman–Crippen LogP) is 3.93. The first-order chi connectivity index (χ1) is 9.23. The van der Waals surface area contributed by atoms with Crippen molar-refractivity contribution in [1.29, 1.82) is 0 Å². The van der Waals surface area contributed by atoms with Crippen molar-refractivity contribution in [3.8, 4) is 5.75 Å². The summed E-state index contributed by atoms with van der Waals surface area (Å²) in [6.45, 7) is 9.14. The molecule has 0 aliphatic carbocycles. The van der Waals surface area contributed by atoms with Gasteiger partial charge in [0, 0.05) is 16.9 Å². The molecule has 0 fully saturated rings. The lowest BCUT2D eigenvalue weighted by molar-refractivity contribution is 0.0952. The molecule has 3 nitrogen and oxygen atoms in total. The Kier molecular flexibility index (Phi) is 6.06. The summed E-state index contributed by atoms with van der Waals surface area (Å²) in [5, 5.41) is 2.95. The summed E-state index contributed by atoms with van der Waals surface area (Å²) in [4.78, 5) is 12.4. The molecule has 0 heterocycles. The molecule has 112 valence electrons. The number of halogens is 1. The van der Waals surface area contributed by atoms with E-state index in [1.165, 1.54) is 0 Å². The highest BCUT2D eigenvalue weighted by Crippen LogP contribution is 2.24. The molecule has 0 saturated heterocycles. The van der Waals surface area contributed by atoms with Gasteiger partial charge in [0.05, 0.1) is 7.11 Å². The van der Waals surface area contributed by atoms with E-state index in [1.54, 1.807) is 13.2 Å². The number of rotatable bonds is 5. The fraction of sp³-hybridized carbons (Fsp3) is 0.562. The fourth-order valence-electron chi connectivity index (χ4n) is 2.00. The van der Waals surface area contributed by atoms with Crippen LogP contribution in [0, 0.1) is 12.3 Å². The second-order valence-electron chi connectivity index (χ2n) is 6.26. The SMILES string of the molecule is COc1cc(C(=O)NCC(Br)CC(C)(C)C)ccc1C. The van der Waals surface area contributed by atoms with Crippen molar-refractivity contribution >= 4 is 21.8 Å². The summed E-state index contributed by atoms with van der Waals surface area (Å²) in [6, 6.07) is 5.49. The monoisotopic (exact) mass is 341 g/mol. The van der Waals surface area contributed by atoms with Crippen LogP contribution in [0.1, 0.15) is 43.1 Å². The molecule has 0 spiro atoms. The van der Waals surface area contributed by atoms with Gasteiger partial charge in [-0.05, 0) is 36.5 Å². The van der Waals surface area contributed by atoms with Gasteiger partial charge in [-0.3, -0.25) is 4.79 Å². The Bertz CT molecular complexity index is 466. The molecule has 20 heavy (non-hydrogen) atoms. The average molecular weight is 342 g/mol. The van der Waals surface area contributed by atoms with Gasteiger partial charge in [0.2, 0.25) is 0 Å². The van der Waals surface area contributed by atoms with E-state index in [1.807, 2.05) is 19.1 Å². The van der Waals surface area contributed by atoms with Crippen molar-refractivity contribution in [2.45, 2.75) is 38.9 Å². The third kappa shape index (κ3) is 5.53. The molecule has 1 atom stereocenters. The zero-order chi connectivity index (χ0) is 15.3. The second-order valence-corrected chi connectivity index (χ2v) is 7.55. The Morgan fingerprint density at radius 1 is 1.40 bits per heavy atom. The van der Waals surface area contributed by atoms with Crippen LogP contribution in [-0.2, 0) is 0 Å². The second kappa shape index (κ2) is 7.11. The van der Waals surface area contributed by atoms with Crippen LogP contribution in [0.4, 0.5) is 0 Å². The zero-order valence-corrected chi connectivity index (χ0v) is 14.5. The molecule has 0 saturated carbocycles. The van der Waals surface area contributed by atoms with E-state index in [4.69, 9.17) is 4.74 Å². The van der Waals surface area contributed by atoms with Crippen LogP contribution in [0.2, 0.25) is 0 Å². The molecule has 1 aromatic rings. The van der Waals surface area contributed by atoms with Gasteiger partial charge in [0.15, 0.2) is 0 Å². The first-order valence-corrected chi connectivity index (χ1v) is 7.71. The average Bonchev–Trinajstić information content (AvgIpc) is 2.34. The highest BCUT2D eigenvalue weighted by Gasteiger charge is 2.17. The van der Waals surface area contributed by atoms with Gasteiger partial charge in [0.1, 0.15) is 5.75 Å². The molecule has 0 aromatic heterocycles. The summed E-state index contributed by atoms with van der Waals surface area (Å²) in [5.74, 6) is 0.671. The Balaban J connectivity index is 2.59. The molecule has 1 amide bonds. The fourth-order valence-corrected chi connectivity index (χ4v) is 3.14. The molecule has 4 heteroatoms. The molecule has 1 rings (SSSR count). The molecule has 0 bridgehead atoms. The normalized spacial score (nSPS) is 12.9. The number of carbonyl (C=O) groups excluding carboxylic acids is 1. The lowest BCUT2D eigenvalue weighted by atomic mass is 9.90. The van der Waals surface area contributed by atoms with Gasteiger partial charge in [-0.25, -0.2) is 0 Å². The van der Waals surface area contributed by atoms with Crippen LogP contribution < -0.4 is 10.1 Å². The van der Waals surface area contributed by atoms with E-state index in [0.717, 1.165) is 17.7 Å². The Morgan fingerprint density at radius 2 is 2.05 bits per heavy atom. The van der Waals surface area contributed by atoms with E-state index in [0.29, 0.717) is 12.1 Å². The van der Waals surface area contributed by atoms with E-state index < -0.39 is 0 Å². The first-order valence-electron chi connectivity index (χ1n) is 6.80. The molecule has 1 aromatic carbocycles. The minimum absolute atomic E-state index is 0.0679. The van der Waals surface area contributed by atoms with Crippen molar-refractivity contribution < 1.29 is 9.53 Å². The van der Waals surface area contributed by atoms with Gasteiger partial charge >= 0.3 is 0 Å². The molecular formula is C16H24BrNO2. The van der Waals surface area contributed by atoms with Gasteiger partial charge in [-0.2, -0.15) is 0 Å². The number of ether oxygens (including phenoxy) is 1. The minimum Gasteiger partial charge on any atom is -0.496 e. The van der Waals surface area contributed by atoms with Gasteiger partial charge < -0.3 is 10.1 Å². The first kappa shape index (κ1) is 17.0. The number of methoxy groups -OCH3 is 1. The molecular weight excluding hydrogens is 318 g/mol. The molecule has 0 radical (unpaired) electrons. The summed E-state index contributed by atoms with van der Waals surface area (Å²) >= 11 is 3.62. The number of hydrogen-bond acceptors (Lipinski definition) is 2. The van der Waals surface area contributed by atoms with Crippen molar-refractivity contribution in [2.24, 2.45) is 5.41 Å². The maximum absolute atomic E-state index is 12.1. The maximum atomic E-state index is 12.1. The van der Waals surface area contributed by atoms with Crippen LogP contribution in [0.3, 0.4) is 0 Å². The number of aryl methyl sites for hydroxylation is 1. The number of hydrogen-bond donors (Lipinski definition) is 1. The van der Waals surface area contributed by atoms with Gasteiger partial charge in [-0.1, -0.05) is 42.8 Å². The van der Waals surface area contributed by atoms with Crippen molar-refractivity contribution in [1.82, 2.24) is 5.32 Å². The predicted molar refractivity (Wildman–Crippen MR) is 86.9 cm³/mol. The lowest BCUT2D eigenvalue weighted by Crippen LogP contribution is -2.31. The number of nitrogens with one attached hydrogen (secondary N) is 1. The third-order valence-corrected chi connectivity index (χ3v) is 3.64. The lowest BCUT2D eigenvalue weighted by Gasteiger charge is -2.22. The minimum atomic E-state index is -0.0679. The standard InChI is InChI=1S/C16H24BrNO2/c1-11-6-7-12(8-14(11)20-5)15(19)18-10-13(17)9-16(2,3)4/h6-8,13H,9-10H2,1-5H3,(H,18,19). The summed E-state index contributed by atoms with van der Waals surface area (Å²) in [7, 11) is 1.61. The molecule has 1 N–H and O–H groups in total. The molecule has 1 unspecified atom stereocenters. The van der Waals surface area contributed by atoms with Crippen molar-refractivity contribution in [3.63, 3.8) is 0 Å². The third-order valence-electron chi connectivity index (χ3n) is 2.99. The van der Waals surface area contributed by atoms with Gasteiger partial charge in [0.25, 0.3) is 5.91 Å². The zero-order valence-electron chi connectivity index (χ0n) is 12.9.